The predicted molar refractivity (Wildman–Crippen MR) is 91.8 cm³/mol. The number of rotatable bonds is 8. The van der Waals surface area contributed by atoms with Crippen molar-refractivity contribution >= 4 is 11.9 Å². The number of aryl methyl sites for hydroxylation is 1. The molecule has 1 aromatic carbocycles. The summed E-state index contributed by atoms with van der Waals surface area (Å²) in [5.74, 6) is -0.982. The summed E-state index contributed by atoms with van der Waals surface area (Å²) in [4.78, 5) is 23.4. The molecule has 0 spiro atoms. The Morgan fingerprint density at radius 3 is 2.75 bits per heavy atom. The predicted octanol–water partition coefficient (Wildman–Crippen LogP) is 2.56. The van der Waals surface area contributed by atoms with Crippen LogP contribution in [0.4, 0.5) is 0 Å². The van der Waals surface area contributed by atoms with Crippen LogP contribution in [0, 0.1) is 18.8 Å². The molecule has 2 N–H and O–H groups in total. The van der Waals surface area contributed by atoms with Gasteiger partial charge in [0.15, 0.2) is 0 Å². The SMILES string of the molecule is Cc1cccc(CC(CNC(=O)CCC2CCOCC2)C(=O)O)c1. The molecule has 1 saturated heterocycles. The van der Waals surface area contributed by atoms with Gasteiger partial charge in [-0.1, -0.05) is 29.8 Å². The molecule has 1 aliphatic heterocycles. The summed E-state index contributed by atoms with van der Waals surface area (Å²) in [5.41, 5.74) is 2.09. The van der Waals surface area contributed by atoms with Gasteiger partial charge < -0.3 is 15.2 Å². The van der Waals surface area contributed by atoms with Crippen LogP contribution in [0.5, 0.6) is 0 Å². The fourth-order valence-corrected chi connectivity index (χ4v) is 3.07. The van der Waals surface area contributed by atoms with Gasteiger partial charge in [0, 0.05) is 26.2 Å². The first-order chi connectivity index (χ1) is 11.5. The molecule has 5 nitrogen and oxygen atoms in total. The van der Waals surface area contributed by atoms with Gasteiger partial charge in [-0.25, -0.2) is 0 Å². The van der Waals surface area contributed by atoms with Crippen molar-refractivity contribution < 1.29 is 19.4 Å². The quantitative estimate of drug-likeness (QED) is 0.767. The monoisotopic (exact) mass is 333 g/mol. The fourth-order valence-electron chi connectivity index (χ4n) is 3.07. The highest BCUT2D eigenvalue weighted by Crippen LogP contribution is 2.19. The average Bonchev–Trinajstić information content (AvgIpc) is 2.57. The zero-order valence-electron chi connectivity index (χ0n) is 14.3. The van der Waals surface area contributed by atoms with Gasteiger partial charge in [0.05, 0.1) is 5.92 Å². The lowest BCUT2D eigenvalue weighted by atomic mass is 9.94. The molecule has 0 radical (unpaired) electrons. The van der Waals surface area contributed by atoms with Gasteiger partial charge in [-0.05, 0) is 44.1 Å². The number of ether oxygens (including phenoxy) is 1. The minimum atomic E-state index is -0.874. The molecule has 1 fully saturated rings. The average molecular weight is 333 g/mol. The molecule has 1 unspecified atom stereocenters. The van der Waals surface area contributed by atoms with E-state index in [4.69, 9.17) is 4.74 Å². The number of nitrogens with one attached hydrogen (secondary N) is 1. The number of carbonyl (C=O) groups is 2. The minimum absolute atomic E-state index is 0.0583. The highest BCUT2D eigenvalue weighted by atomic mass is 16.5. The normalized spacial score (nSPS) is 16.5. The van der Waals surface area contributed by atoms with Crippen molar-refractivity contribution in [2.45, 2.75) is 39.0 Å². The van der Waals surface area contributed by atoms with Gasteiger partial charge in [0.25, 0.3) is 0 Å². The van der Waals surface area contributed by atoms with Crippen molar-refractivity contribution in [3.63, 3.8) is 0 Å². The molecule has 2 rings (SSSR count). The number of carboxylic acid groups (broad SMARTS) is 1. The molecule has 0 aromatic heterocycles. The van der Waals surface area contributed by atoms with Gasteiger partial charge in [-0.15, -0.1) is 0 Å². The Balaban J connectivity index is 1.76. The third-order valence-electron chi connectivity index (χ3n) is 4.58. The van der Waals surface area contributed by atoms with Crippen LogP contribution in [0.25, 0.3) is 0 Å². The van der Waals surface area contributed by atoms with Crippen molar-refractivity contribution in [1.82, 2.24) is 5.32 Å². The summed E-state index contributed by atoms with van der Waals surface area (Å²) in [6, 6.07) is 7.83. The lowest BCUT2D eigenvalue weighted by Crippen LogP contribution is -2.34. The van der Waals surface area contributed by atoms with Gasteiger partial charge in [-0.2, -0.15) is 0 Å². The summed E-state index contributed by atoms with van der Waals surface area (Å²) in [5, 5.41) is 12.2. The van der Waals surface area contributed by atoms with Crippen LogP contribution in [0.3, 0.4) is 0 Å². The summed E-state index contributed by atoms with van der Waals surface area (Å²) in [6.07, 6.45) is 3.76. The van der Waals surface area contributed by atoms with E-state index in [1.807, 2.05) is 31.2 Å². The van der Waals surface area contributed by atoms with E-state index in [1.54, 1.807) is 0 Å². The second-order valence-corrected chi connectivity index (χ2v) is 6.63. The molecule has 0 bridgehead atoms. The largest absolute Gasteiger partial charge is 0.481 e. The van der Waals surface area contributed by atoms with Crippen molar-refractivity contribution in [3.05, 3.63) is 35.4 Å². The number of carboxylic acids is 1. The zero-order valence-corrected chi connectivity index (χ0v) is 14.3. The van der Waals surface area contributed by atoms with E-state index in [0.717, 1.165) is 43.6 Å². The lowest BCUT2D eigenvalue weighted by molar-refractivity contribution is -0.141. The van der Waals surface area contributed by atoms with Crippen LogP contribution in [0.2, 0.25) is 0 Å². The molecule has 1 atom stereocenters. The van der Waals surface area contributed by atoms with Gasteiger partial charge >= 0.3 is 5.97 Å². The molecular weight excluding hydrogens is 306 g/mol. The van der Waals surface area contributed by atoms with E-state index in [2.05, 4.69) is 5.32 Å². The maximum absolute atomic E-state index is 12.0. The Morgan fingerprint density at radius 2 is 2.08 bits per heavy atom. The van der Waals surface area contributed by atoms with E-state index >= 15 is 0 Å². The number of amides is 1. The number of aliphatic carboxylic acids is 1. The summed E-state index contributed by atoms with van der Waals surface area (Å²) in [6.45, 7) is 3.72. The van der Waals surface area contributed by atoms with Gasteiger partial charge in [-0.3, -0.25) is 9.59 Å². The van der Waals surface area contributed by atoms with Gasteiger partial charge in [0.1, 0.15) is 0 Å². The Labute approximate surface area is 143 Å². The topological polar surface area (TPSA) is 75.6 Å². The van der Waals surface area contributed by atoms with Crippen LogP contribution in [0.1, 0.15) is 36.8 Å². The smallest absolute Gasteiger partial charge is 0.308 e. The van der Waals surface area contributed by atoms with E-state index in [-0.39, 0.29) is 12.5 Å². The van der Waals surface area contributed by atoms with Crippen LogP contribution >= 0.6 is 0 Å². The molecule has 1 aliphatic rings. The van der Waals surface area contributed by atoms with E-state index < -0.39 is 11.9 Å². The van der Waals surface area contributed by atoms with Crippen molar-refractivity contribution in [3.8, 4) is 0 Å². The van der Waals surface area contributed by atoms with Gasteiger partial charge in [0.2, 0.25) is 5.91 Å². The van der Waals surface area contributed by atoms with Crippen molar-refractivity contribution in [1.29, 1.82) is 0 Å². The van der Waals surface area contributed by atoms with Crippen LogP contribution in [-0.2, 0) is 20.7 Å². The molecule has 1 aromatic rings. The molecule has 132 valence electrons. The van der Waals surface area contributed by atoms with Crippen LogP contribution in [-0.4, -0.2) is 36.7 Å². The number of benzene rings is 1. The fraction of sp³-hybridized carbons (Fsp3) is 0.579. The second kappa shape index (κ2) is 9.42. The number of carbonyl (C=O) groups excluding carboxylic acids is 1. The second-order valence-electron chi connectivity index (χ2n) is 6.63. The Kier molecular flexibility index (Phi) is 7.25. The zero-order chi connectivity index (χ0) is 17.4. The minimum Gasteiger partial charge on any atom is -0.481 e. The standard InChI is InChI=1S/C19H27NO4/c1-14-3-2-4-16(11-14)12-17(19(22)23)13-20-18(21)6-5-15-7-9-24-10-8-15/h2-4,11,15,17H,5-10,12-13H2,1H3,(H,20,21)(H,22,23). The van der Waals surface area contributed by atoms with Crippen molar-refractivity contribution in [2.75, 3.05) is 19.8 Å². The molecule has 0 aliphatic carbocycles. The third-order valence-corrected chi connectivity index (χ3v) is 4.58. The maximum atomic E-state index is 12.0. The first kappa shape index (κ1) is 18.5. The van der Waals surface area contributed by atoms with E-state index in [9.17, 15) is 14.7 Å². The summed E-state index contributed by atoms with van der Waals surface area (Å²) in [7, 11) is 0. The Hall–Kier alpha value is -1.88. The number of hydrogen-bond donors (Lipinski definition) is 2. The van der Waals surface area contributed by atoms with E-state index in [0.29, 0.717) is 18.8 Å². The van der Waals surface area contributed by atoms with E-state index in [1.165, 1.54) is 0 Å². The number of hydrogen-bond acceptors (Lipinski definition) is 3. The Bertz CT molecular complexity index is 552. The lowest BCUT2D eigenvalue weighted by Gasteiger charge is -2.21. The molecule has 5 heteroatoms. The third kappa shape index (κ3) is 6.32. The van der Waals surface area contributed by atoms with Crippen LogP contribution in [0.15, 0.2) is 24.3 Å². The summed E-state index contributed by atoms with van der Waals surface area (Å²) >= 11 is 0. The molecule has 1 amide bonds. The first-order valence-electron chi connectivity index (χ1n) is 8.67. The molecule has 0 saturated carbocycles. The maximum Gasteiger partial charge on any atom is 0.308 e. The Morgan fingerprint density at radius 1 is 1.33 bits per heavy atom. The van der Waals surface area contributed by atoms with Crippen molar-refractivity contribution in [2.24, 2.45) is 11.8 Å². The highest BCUT2D eigenvalue weighted by molar-refractivity contribution is 5.77. The van der Waals surface area contributed by atoms with Crippen LogP contribution < -0.4 is 5.32 Å². The first-order valence-corrected chi connectivity index (χ1v) is 8.67. The molecule has 1 heterocycles. The molecule has 24 heavy (non-hydrogen) atoms. The molecular formula is C19H27NO4. The summed E-state index contributed by atoms with van der Waals surface area (Å²) < 4.78 is 5.31. The highest BCUT2D eigenvalue weighted by Gasteiger charge is 2.20.